The Morgan fingerprint density at radius 3 is 2.32 bits per heavy atom. The lowest BCUT2D eigenvalue weighted by molar-refractivity contribution is -0.144. The van der Waals surface area contributed by atoms with Crippen molar-refractivity contribution in [3.05, 3.63) is 59.8 Å². The predicted octanol–water partition coefficient (Wildman–Crippen LogP) is 5.40. The van der Waals surface area contributed by atoms with Crippen molar-refractivity contribution < 1.29 is 18.4 Å². The van der Waals surface area contributed by atoms with Gasteiger partial charge in [-0.05, 0) is 49.1 Å². The maximum absolute atomic E-state index is 13.3. The highest BCUT2D eigenvalue weighted by atomic mass is 19.1. The van der Waals surface area contributed by atoms with E-state index in [0.717, 1.165) is 37.7 Å². The van der Waals surface area contributed by atoms with Crippen molar-refractivity contribution in [2.45, 2.75) is 66.0 Å². The van der Waals surface area contributed by atoms with Crippen LogP contribution in [0.2, 0.25) is 0 Å². The second-order valence-corrected chi connectivity index (χ2v) is 7.96. The van der Waals surface area contributed by atoms with Crippen LogP contribution in [0, 0.1) is 11.7 Å². The first-order chi connectivity index (χ1) is 15.0. The second-order valence-electron chi connectivity index (χ2n) is 7.96. The Labute approximate surface area is 185 Å². The molecule has 1 aromatic carbocycles. The zero-order valence-electron chi connectivity index (χ0n) is 19.0. The van der Waals surface area contributed by atoms with E-state index in [-0.39, 0.29) is 30.1 Å². The average Bonchev–Trinajstić information content (AvgIpc) is 3.28. The third-order valence-corrected chi connectivity index (χ3v) is 5.45. The summed E-state index contributed by atoms with van der Waals surface area (Å²) in [5, 5.41) is 0. The van der Waals surface area contributed by atoms with E-state index in [2.05, 4.69) is 6.92 Å². The van der Waals surface area contributed by atoms with Crippen LogP contribution in [0.4, 0.5) is 4.39 Å². The van der Waals surface area contributed by atoms with Crippen molar-refractivity contribution in [2.24, 2.45) is 5.92 Å². The van der Waals surface area contributed by atoms with Gasteiger partial charge >= 0.3 is 0 Å². The Kier molecular flexibility index (Phi) is 10.3. The molecule has 31 heavy (non-hydrogen) atoms. The third-order valence-electron chi connectivity index (χ3n) is 5.45. The maximum Gasteiger partial charge on any atom is 0.242 e. The lowest BCUT2D eigenvalue weighted by Gasteiger charge is -2.29. The van der Waals surface area contributed by atoms with E-state index >= 15 is 0 Å². The molecule has 170 valence electrons. The molecule has 0 spiro atoms. The summed E-state index contributed by atoms with van der Waals surface area (Å²) in [6.45, 7) is 7.37. The minimum Gasteiger partial charge on any atom is -0.467 e. The van der Waals surface area contributed by atoms with Crippen LogP contribution in [0.15, 0.2) is 47.1 Å². The van der Waals surface area contributed by atoms with Crippen molar-refractivity contribution >= 4 is 11.8 Å². The fourth-order valence-electron chi connectivity index (χ4n) is 3.64. The first-order valence-corrected chi connectivity index (χ1v) is 11.3. The van der Waals surface area contributed by atoms with Gasteiger partial charge in [-0.25, -0.2) is 4.39 Å². The van der Waals surface area contributed by atoms with Crippen molar-refractivity contribution in [3.8, 4) is 0 Å². The van der Waals surface area contributed by atoms with Crippen LogP contribution >= 0.6 is 0 Å². The molecule has 2 rings (SSSR count). The number of furan rings is 1. The van der Waals surface area contributed by atoms with Crippen LogP contribution in [-0.2, 0) is 22.7 Å². The van der Waals surface area contributed by atoms with Crippen molar-refractivity contribution in [3.63, 3.8) is 0 Å². The van der Waals surface area contributed by atoms with Crippen molar-refractivity contribution in [1.29, 1.82) is 0 Å². The van der Waals surface area contributed by atoms with Crippen LogP contribution < -0.4 is 0 Å². The molecule has 5 nitrogen and oxygen atoms in total. The zero-order valence-corrected chi connectivity index (χ0v) is 19.0. The van der Waals surface area contributed by atoms with E-state index in [0.29, 0.717) is 25.4 Å². The molecule has 0 N–H and O–H groups in total. The Balaban J connectivity index is 2.15. The van der Waals surface area contributed by atoms with E-state index < -0.39 is 0 Å². The van der Waals surface area contributed by atoms with Gasteiger partial charge < -0.3 is 14.2 Å². The largest absolute Gasteiger partial charge is 0.467 e. The lowest BCUT2D eigenvalue weighted by atomic mass is 9.97. The van der Waals surface area contributed by atoms with E-state index in [1.807, 2.05) is 19.9 Å². The molecule has 0 bridgehead atoms. The van der Waals surface area contributed by atoms with Gasteiger partial charge in [-0.1, -0.05) is 45.7 Å². The first kappa shape index (κ1) is 24.6. The number of carbonyl (C=O) groups excluding carboxylic acids is 2. The summed E-state index contributed by atoms with van der Waals surface area (Å²) in [4.78, 5) is 29.8. The molecule has 0 radical (unpaired) electrons. The molecule has 6 heteroatoms. The smallest absolute Gasteiger partial charge is 0.242 e. The fourth-order valence-corrected chi connectivity index (χ4v) is 3.64. The number of carbonyl (C=O) groups is 2. The number of rotatable bonds is 13. The number of hydrogen-bond donors (Lipinski definition) is 0. The molecule has 0 aliphatic carbocycles. The molecule has 0 unspecified atom stereocenters. The van der Waals surface area contributed by atoms with Gasteiger partial charge in [0.2, 0.25) is 11.8 Å². The Morgan fingerprint density at radius 1 is 1.00 bits per heavy atom. The fraction of sp³-hybridized carbons (Fsp3) is 0.520. The Hall–Kier alpha value is -2.63. The molecule has 0 aliphatic heterocycles. The van der Waals surface area contributed by atoms with Crippen LogP contribution in [0.3, 0.4) is 0 Å². The first-order valence-electron chi connectivity index (χ1n) is 11.3. The molecule has 0 saturated carbocycles. The molecular formula is C25H35FN2O3. The molecule has 1 atom stereocenters. The van der Waals surface area contributed by atoms with Crippen LogP contribution in [0.1, 0.15) is 64.2 Å². The number of amides is 2. The Bertz CT molecular complexity index is 790. The topological polar surface area (TPSA) is 53.8 Å². The third kappa shape index (κ3) is 7.85. The summed E-state index contributed by atoms with van der Waals surface area (Å²) in [5.41, 5.74) is 0.823. The van der Waals surface area contributed by atoms with Gasteiger partial charge in [0.25, 0.3) is 0 Å². The standard InChI is InChI=1S/C25H35FN2O3/c1-4-7-9-21(6-3)25(30)27(15-5-2)19-24(29)28(18-23-10-8-16-31-23)17-20-11-13-22(26)14-12-20/h8,10-14,16,21H,4-7,9,15,17-19H2,1-3H3/t21-/m0/s1. The van der Waals surface area contributed by atoms with Gasteiger partial charge in [0.1, 0.15) is 11.6 Å². The van der Waals surface area contributed by atoms with Crippen LogP contribution in [0.5, 0.6) is 0 Å². The summed E-state index contributed by atoms with van der Waals surface area (Å²) < 4.78 is 18.7. The molecule has 2 aromatic rings. The number of unbranched alkanes of at least 4 members (excludes halogenated alkanes) is 1. The molecule has 1 heterocycles. The monoisotopic (exact) mass is 430 g/mol. The van der Waals surface area contributed by atoms with Gasteiger partial charge in [0.05, 0.1) is 19.4 Å². The SMILES string of the molecule is CCCC[C@H](CC)C(=O)N(CCC)CC(=O)N(Cc1ccc(F)cc1)Cc1ccco1. The lowest BCUT2D eigenvalue weighted by Crippen LogP contribution is -2.44. The van der Waals surface area contributed by atoms with Crippen LogP contribution in [0.25, 0.3) is 0 Å². The maximum atomic E-state index is 13.3. The molecular weight excluding hydrogens is 395 g/mol. The molecule has 2 amide bonds. The highest BCUT2D eigenvalue weighted by molar-refractivity contribution is 5.86. The van der Waals surface area contributed by atoms with Crippen molar-refractivity contribution in [2.75, 3.05) is 13.1 Å². The van der Waals surface area contributed by atoms with Gasteiger partial charge in [-0.2, -0.15) is 0 Å². The summed E-state index contributed by atoms with van der Waals surface area (Å²) >= 11 is 0. The predicted molar refractivity (Wildman–Crippen MR) is 120 cm³/mol. The quantitative estimate of drug-likeness (QED) is 0.427. The van der Waals surface area contributed by atoms with Crippen molar-refractivity contribution in [1.82, 2.24) is 9.80 Å². The van der Waals surface area contributed by atoms with E-state index in [4.69, 9.17) is 4.42 Å². The summed E-state index contributed by atoms with van der Waals surface area (Å²) in [7, 11) is 0. The molecule has 0 fully saturated rings. The minimum atomic E-state index is -0.315. The number of benzene rings is 1. The summed E-state index contributed by atoms with van der Waals surface area (Å²) in [5.74, 6) is 0.219. The van der Waals surface area contributed by atoms with Gasteiger partial charge in [-0.15, -0.1) is 0 Å². The molecule has 0 saturated heterocycles. The minimum absolute atomic E-state index is 0.0389. The number of hydrogen-bond acceptors (Lipinski definition) is 3. The summed E-state index contributed by atoms with van der Waals surface area (Å²) in [6, 6.07) is 9.71. The second kappa shape index (κ2) is 12.9. The van der Waals surface area contributed by atoms with Crippen LogP contribution in [-0.4, -0.2) is 34.7 Å². The Morgan fingerprint density at radius 2 is 1.74 bits per heavy atom. The number of nitrogens with zero attached hydrogens (tertiary/aromatic N) is 2. The summed E-state index contributed by atoms with van der Waals surface area (Å²) in [6.07, 6.45) is 6.05. The van der Waals surface area contributed by atoms with Gasteiger partial charge in [0, 0.05) is 19.0 Å². The highest BCUT2D eigenvalue weighted by Crippen LogP contribution is 2.18. The van der Waals surface area contributed by atoms with E-state index in [1.165, 1.54) is 12.1 Å². The van der Waals surface area contributed by atoms with Gasteiger partial charge in [-0.3, -0.25) is 9.59 Å². The highest BCUT2D eigenvalue weighted by Gasteiger charge is 2.26. The van der Waals surface area contributed by atoms with E-state index in [1.54, 1.807) is 34.3 Å². The molecule has 0 aliphatic rings. The normalized spacial score (nSPS) is 11.9. The van der Waals surface area contributed by atoms with E-state index in [9.17, 15) is 14.0 Å². The average molecular weight is 431 g/mol. The van der Waals surface area contributed by atoms with Gasteiger partial charge in [0.15, 0.2) is 0 Å². The number of halogens is 1. The molecule has 1 aromatic heterocycles. The zero-order chi connectivity index (χ0) is 22.6.